The van der Waals surface area contributed by atoms with Gasteiger partial charge in [0.1, 0.15) is 0 Å². The lowest BCUT2D eigenvalue weighted by molar-refractivity contribution is 0.0599. The van der Waals surface area contributed by atoms with Gasteiger partial charge in [-0.05, 0) is 22.9 Å². The first-order chi connectivity index (χ1) is 8.56. The predicted molar refractivity (Wildman–Crippen MR) is 67.1 cm³/mol. The van der Waals surface area contributed by atoms with Crippen LogP contribution in [0.5, 0.6) is 17.2 Å². The van der Waals surface area contributed by atoms with E-state index in [0.29, 0.717) is 0 Å². The Hall–Kier alpha value is -2.21. The van der Waals surface area contributed by atoms with Crippen LogP contribution in [0.1, 0.15) is 10.4 Å². The number of rotatable bonds is 1. The molecular formula is C12H12O5S. The van der Waals surface area contributed by atoms with Gasteiger partial charge in [0.15, 0.2) is 17.2 Å². The monoisotopic (exact) mass is 268 g/mol. The Kier molecular flexibility index (Phi) is 5.01. The Morgan fingerprint density at radius 3 is 1.94 bits per heavy atom. The highest BCUT2D eigenvalue weighted by Crippen LogP contribution is 2.35. The molecule has 2 rings (SSSR count). The molecule has 0 amide bonds. The largest absolute Gasteiger partial charge is 0.504 e. The third kappa shape index (κ3) is 3.67. The topological polar surface area (TPSA) is 87.0 Å². The maximum atomic E-state index is 10.9. The second-order valence-electron chi connectivity index (χ2n) is 3.15. The number of benzene rings is 1. The van der Waals surface area contributed by atoms with Crippen molar-refractivity contribution in [2.45, 2.75) is 0 Å². The van der Waals surface area contributed by atoms with E-state index < -0.39 is 23.2 Å². The van der Waals surface area contributed by atoms with Crippen molar-refractivity contribution in [3.63, 3.8) is 0 Å². The smallest absolute Gasteiger partial charge is 0.338 e. The summed E-state index contributed by atoms with van der Waals surface area (Å²) in [5.41, 5.74) is -0.0321. The molecule has 1 heterocycles. The second-order valence-corrected chi connectivity index (χ2v) is 3.96. The van der Waals surface area contributed by atoms with Crippen LogP contribution >= 0.6 is 11.3 Å². The fourth-order valence-corrected chi connectivity index (χ4v) is 1.52. The second kappa shape index (κ2) is 6.51. The molecule has 0 atom stereocenters. The minimum atomic E-state index is -0.703. The molecule has 1 aromatic heterocycles. The van der Waals surface area contributed by atoms with Gasteiger partial charge in [0.2, 0.25) is 0 Å². The van der Waals surface area contributed by atoms with Crippen LogP contribution in [0.15, 0.2) is 35.0 Å². The van der Waals surface area contributed by atoms with Gasteiger partial charge in [-0.1, -0.05) is 12.1 Å². The summed E-state index contributed by atoms with van der Waals surface area (Å²) in [5, 5.41) is 31.0. The molecule has 96 valence electrons. The SMILES string of the molecule is COC(=O)c1cc(O)c(O)c(O)c1.c1ccsc1. The summed E-state index contributed by atoms with van der Waals surface area (Å²) in [4.78, 5) is 10.9. The van der Waals surface area contributed by atoms with E-state index in [-0.39, 0.29) is 5.56 Å². The predicted octanol–water partition coefficient (Wildman–Crippen LogP) is 2.34. The van der Waals surface area contributed by atoms with Crippen LogP contribution in [0, 0.1) is 0 Å². The molecule has 3 N–H and O–H groups in total. The summed E-state index contributed by atoms with van der Waals surface area (Å²) in [6.07, 6.45) is 0. The van der Waals surface area contributed by atoms with Gasteiger partial charge in [-0.3, -0.25) is 0 Å². The summed E-state index contributed by atoms with van der Waals surface area (Å²) >= 11 is 1.71. The average Bonchev–Trinajstić information content (AvgIpc) is 2.93. The van der Waals surface area contributed by atoms with E-state index in [4.69, 9.17) is 15.3 Å². The maximum absolute atomic E-state index is 10.9. The molecule has 6 heteroatoms. The molecule has 2 aromatic rings. The number of thiophene rings is 1. The van der Waals surface area contributed by atoms with Crippen LogP contribution < -0.4 is 0 Å². The van der Waals surface area contributed by atoms with Crippen molar-refractivity contribution in [1.82, 2.24) is 0 Å². The maximum Gasteiger partial charge on any atom is 0.338 e. The third-order valence-electron chi connectivity index (χ3n) is 1.92. The molecule has 0 aliphatic rings. The third-order valence-corrected chi connectivity index (χ3v) is 2.54. The minimum Gasteiger partial charge on any atom is -0.504 e. The van der Waals surface area contributed by atoms with Gasteiger partial charge in [0.05, 0.1) is 12.7 Å². The van der Waals surface area contributed by atoms with Gasteiger partial charge in [-0.15, -0.1) is 0 Å². The number of hydrogen-bond donors (Lipinski definition) is 3. The number of esters is 1. The molecule has 1 aromatic carbocycles. The van der Waals surface area contributed by atoms with Crippen molar-refractivity contribution in [2.75, 3.05) is 7.11 Å². The highest BCUT2D eigenvalue weighted by atomic mass is 32.1. The molecule has 0 aliphatic carbocycles. The summed E-state index contributed by atoms with van der Waals surface area (Å²) in [6, 6.07) is 6.04. The first kappa shape index (κ1) is 13.9. The van der Waals surface area contributed by atoms with Crippen molar-refractivity contribution < 1.29 is 24.9 Å². The first-order valence-electron chi connectivity index (χ1n) is 4.86. The molecule has 18 heavy (non-hydrogen) atoms. The summed E-state index contributed by atoms with van der Waals surface area (Å²) in [5.74, 6) is -2.50. The molecule has 0 saturated carbocycles. The first-order valence-corrected chi connectivity index (χ1v) is 5.81. The molecule has 0 radical (unpaired) electrons. The fourth-order valence-electron chi connectivity index (χ4n) is 1.07. The Bertz CT molecular complexity index is 467. The Morgan fingerprint density at radius 2 is 1.61 bits per heavy atom. The number of phenolic OH excluding ortho intramolecular Hbond substituents is 3. The van der Waals surface area contributed by atoms with Crippen LogP contribution in [0.2, 0.25) is 0 Å². The van der Waals surface area contributed by atoms with Gasteiger partial charge in [-0.2, -0.15) is 11.3 Å². The Balaban J connectivity index is 0.000000269. The molecule has 0 fully saturated rings. The zero-order chi connectivity index (χ0) is 13.5. The van der Waals surface area contributed by atoms with Crippen molar-refractivity contribution in [3.8, 4) is 17.2 Å². The van der Waals surface area contributed by atoms with Crippen LogP contribution in [-0.2, 0) is 4.74 Å². The van der Waals surface area contributed by atoms with E-state index in [1.54, 1.807) is 11.3 Å². The Labute approximate surface area is 108 Å². The average molecular weight is 268 g/mol. The number of hydrogen-bond acceptors (Lipinski definition) is 6. The van der Waals surface area contributed by atoms with Crippen molar-refractivity contribution >= 4 is 17.3 Å². The molecule has 0 bridgehead atoms. The number of methoxy groups -OCH3 is 1. The summed E-state index contributed by atoms with van der Waals surface area (Å²) in [6.45, 7) is 0. The molecule has 0 saturated heterocycles. The van der Waals surface area contributed by atoms with E-state index in [0.717, 1.165) is 12.1 Å². The van der Waals surface area contributed by atoms with E-state index in [1.165, 1.54) is 7.11 Å². The lowest BCUT2D eigenvalue weighted by Gasteiger charge is -2.03. The van der Waals surface area contributed by atoms with Gasteiger partial charge in [0, 0.05) is 0 Å². The quantitative estimate of drug-likeness (QED) is 0.546. The van der Waals surface area contributed by atoms with Crippen LogP contribution in [-0.4, -0.2) is 28.4 Å². The van der Waals surface area contributed by atoms with Crippen molar-refractivity contribution in [3.05, 3.63) is 40.6 Å². The number of carbonyl (C=O) groups excluding carboxylic acids is 1. The normalized spacial score (nSPS) is 9.17. The molecule has 0 aliphatic heterocycles. The van der Waals surface area contributed by atoms with Crippen molar-refractivity contribution in [1.29, 1.82) is 0 Å². The number of carbonyl (C=O) groups is 1. The molecule has 5 nitrogen and oxygen atoms in total. The summed E-state index contributed by atoms with van der Waals surface area (Å²) in [7, 11) is 1.17. The van der Waals surface area contributed by atoms with Crippen LogP contribution in [0.25, 0.3) is 0 Å². The van der Waals surface area contributed by atoms with Gasteiger partial charge < -0.3 is 20.1 Å². The number of phenols is 3. The highest BCUT2D eigenvalue weighted by Gasteiger charge is 2.13. The van der Waals surface area contributed by atoms with Crippen molar-refractivity contribution in [2.24, 2.45) is 0 Å². The fraction of sp³-hybridized carbons (Fsp3) is 0.0833. The zero-order valence-corrected chi connectivity index (χ0v) is 10.3. The molecule has 0 spiro atoms. The standard InChI is InChI=1S/C8H8O5.C4H4S/c1-13-8(12)4-2-5(9)7(11)6(10)3-4;1-2-4-5-3-1/h2-3,9-11H,1H3;1-4H. The number of ether oxygens (including phenoxy) is 1. The lowest BCUT2D eigenvalue weighted by Crippen LogP contribution is -2.00. The molecular weight excluding hydrogens is 256 g/mol. The van der Waals surface area contributed by atoms with E-state index in [2.05, 4.69) is 4.74 Å². The van der Waals surface area contributed by atoms with E-state index >= 15 is 0 Å². The van der Waals surface area contributed by atoms with Gasteiger partial charge >= 0.3 is 5.97 Å². The van der Waals surface area contributed by atoms with E-state index in [9.17, 15) is 4.79 Å². The Morgan fingerprint density at radius 1 is 1.11 bits per heavy atom. The van der Waals surface area contributed by atoms with Crippen LogP contribution in [0.3, 0.4) is 0 Å². The van der Waals surface area contributed by atoms with Gasteiger partial charge in [-0.25, -0.2) is 4.79 Å². The number of aromatic hydroxyl groups is 3. The van der Waals surface area contributed by atoms with Gasteiger partial charge in [0.25, 0.3) is 0 Å². The minimum absolute atomic E-state index is 0.0321. The lowest BCUT2D eigenvalue weighted by atomic mass is 10.2. The van der Waals surface area contributed by atoms with Crippen LogP contribution in [0.4, 0.5) is 0 Å². The highest BCUT2D eigenvalue weighted by molar-refractivity contribution is 7.07. The zero-order valence-electron chi connectivity index (χ0n) is 9.53. The summed E-state index contributed by atoms with van der Waals surface area (Å²) < 4.78 is 4.34. The molecule has 0 unspecified atom stereocenters. The van der Waals surface area contributed by atoms with E-state index in [1.807, 2.05) is 22.9 Å².